The number of aromatic nitrogens is 1. The second-order valence-electron chi connectivity index (χ2n) is 3.49. The standard InChI is InChI=1S/C13H11BrN2O2/c1-18-11-7-10(14)6-9(13(11)17)8-16-12-4-2-3-5-15-12/h2-8,17H,1H3/b16-8+. The molecule has 0 atom stereocenters. The first kappa shape index (κ1) is 12.6. The molecule has 92 valence electrons. The molecule has 1 N–H and O–H groups in total. The summed E-state index contributed by atoms with van der Waals surface area (Å²) in [5, 5.41) is 9.93. The number of benzene rings is 1. The van der Waals surface area contributed by atoms with Gasteiger partial charge in [0.1, 0.15) is 0 Å². The molecule has 0 amide bonds. The number of pyridine rings is 1. The number of nitrogens with zero attached hydrogens (tertiary/aromatic N) is 2. The lowest BCUT2D eigenvalue weighted by atomic mass is 10.2. The maximum Gasteiger partial charge on any atom is 0.166 e. The smallest absolute Gasteiger partial charge is 0.166 e. The number of rotatable bonds is 3. The van der Waals surface area contributed by atoms with Crippen molar-refractivity contribution in [2.24, 2.45) is 4.99 Å². The minimum atomic E-state index is 0.0559. The van der Waals surface area contributed by atoms with Gasteiger partial charge in [0.25, 0.3) is 0 Å². The van der Waals surface area contributed by atoms with Gasteiger partial charge in [-0.15, -0.1) is 0 Å². The maximum atomic E-state index is 9.93. The van der Waals surface area contributed by atoms with Gasteiger partial charge in [-0.1, -0.05) is 22.0 Å². The number of aromatic hydroxyl groups is 1. The molecule has 0 saturated heterocycles. The summed E-state index contributed by atoms with van der Waals surface area (Å²) in [6, 6.07) is 8.89. The Balaban J connectivity index is 2.35. The monoisotopic (exact) mass is 306 g/mol. The van der Waals surface area contributed by atoms with Gasteiger partial charge >= 0.3 is 0 Å². The zero-order valence-corrected chi connectivity index (χ0v) is 11.3. The topological polar surface area (TPSA) is 54.7 Å². The second-order valence-corrected chi connectivity index (χ2v) is 4.41. The lowest BCUT2D eigenvalue weighted by Gasteiger charge is -2.06. The Kier molecular flexibility index (Phi) is 3.94. The minimum absolute atomic E-state index is 0.0559. The molecule has 5 heteroatoms. The molecule has 0 unspecified atom stereocenters. The minimum Gasteiger partial charge on any atom is -0.504 e. The summed E-state index contributed by atoms with van der Waals surface area (Å²) in [7, 11) is 1.50. The zero-order valence-electron chi connectivity index (χ0n) is 9.67. The lowest BCUT2D eigenvalue weighted by molar-refractivity contribution is 0.373. The van der Waals surface area contributed by atoms with Crippen molar-refractivity contribution in [3.63, 3.8) is 0 Å². The van der Waals surface area contributed by atoms with Crippen LogP contribution in [0.25, 0.3) is 0 Å². The van der Waals surface area contributed by atoms with Crippen LogP contribution in [0.1, 0.15) is 5.56 Å². The predicted molar refractivity (Wildman–Crippen MR) is 73.8 cm³/mol. The van der Waals surface area contributed by atoms with Crippen molar-refractivity contribution < 1.29 is 9.84 Å². The Hall–Kier alpha value is -1.88. The van der Waals surface area contributed by atoms with E-state index in [9.17, 15) is 5.11 Å². The summed E-state index contributed by atoms with van der Waals surface area (Å²) in [4.78, 5) is 8.25. The summed E-state index contributed by atoms with van der Waals surface area (Å²) >= 11 is 3.35. The highest BCUT2D eigenvalue weighted by molar-refractivity contribution is 9.10. The van der Waals surface area contributed by atoms with E-state index in [0.29, 0.717) is 17.1 Å². The molecule has 0 spiro atoms. The molecule has 4 nitrogen and oxygen atoms in total. The molecule has 0 radical (unpaired) electrons. The molecule has 0 fully saturated rings. The maximum absolute atomic E-state index is 9.93. The predicted octanol–water partition coefficient (Wildman–Crippen LogP) is 3.31. The van der Waals surface area contributed by atoms with Crippen molar-refractivity contribution >= 4 is 28.0 Å². The van der Waals surface area contributed by atoms with Gasteiger partial charge in [0.2, 0.25) is 0 Å². The van der Waals surface area contributed by atoms with Crippen LogP contribution < -0.4 is 4.74 Å². The average molecular weight is 307 g/mol. The molecule has 0 aliphatic carbocycles. The van der Waals surface area contributed by atoms with Gasteiger partial charge in [-0.25, -0.2) is 9.98 Å². The van der Waals surface area contributed by atoms with Crippen LogP contribution in [0.3, 0.4) is 0 Å². The van der Waals surface area contributed by atoms with Gasteiger partial charge in [0, 0.05) is 22.4 Å². The van der Waals surface area contributed by atoms with Gasteiger partial charge in [0.05, 0.1) is 7.11 Å². The van der Waals surface area contributed by atoms with E-state index in [1.54, 1.807) is 30.6 Å². The van der Waals surface area contributed by atoms with Crippen molar-refractivity contribution in [1.82, 2.24) is 4.98 Å². The van der Waals surface area contributed by atoms with Gasteiger partial charge in [-0.3, -0.25) is 0 Å². The summed E-state index contributed by atoms with van der Waals surface area (Å²) in [6.07, 6.45) is 3.21. The van der Waals surface area contributed by atoms with E-state index in [1.165, 1.54) is 7.11 Å². The molecule has 1 aromatic heterocycles. The molecule has 0 bridgehead atoms. The van der Waals surface area contributed by atoms with E-state index >= 15 is 0 Å². The first-order chi connectivity index (χ1) is 8.70. The van der Waals surface area contributed by atoms with E-state index in [4.69, 9.17) is 4.74 Å². The van der Waals surface area contributed by atoms with E-state index in [1.807, 2.05) is 12.1 Å². The van der Waals surface area contributed by atoms with Crippen molar-refractivity contribution in [2.45, 2.75) is 0 Å². The van der Waals surface area contributed by atoms with Crippen LogP contribution in [0.2, 0.25) is 0 Å². The van der Waals surface area contributed by atoms with Gasteiger partial charge in [-0.2, -0.15) is 0 Å². The Morgan fingerprint density at radius 2 is 2.22 bits per heavy atom. The first-order valence-electron chi connectivity index (χ1n) is 5.22. The molecular formula is C13H11BrN2O2. The van der Waals surface area contributed by atoms with E-state index in [2.05, 4.69) is 25.9 Å². The fourth-order valence-electron chi connectivity index (χ4n) is 1.41. The fraction of sp³-hybridized carbons (Fsp3) is 0.0769. The Bertz CT molecular complexity index is 571. The van der Waals surface area contributed by atoms with Gasteiger partial charge in [-0.05, 0) is 24.3 Å². The summed E-state index contributed by atoms with van der Waals surface area (Å²) in [5.41, 5.74) is 0.562. The third kappa shape index (κ3) is 2.87. The highest BCUT2D eigenvalue weighted by atomic mass is 79.9. The normalized spacial score (nSPS) is 10.8. The molecule has 1 heterocycles. The molecule has 1 aromatic carbocycles. The fourth-order valence-corrected chi connectivity index (χ4v) is 1.87. The summed E-state index contributed by atoms with van der Waals surface area (Å²) in [5.74, 6) is 1.03. The van der Waals surface area contributed by atoms with Crippen LogP contribution in [0, 0.1) is 0 Å². The van der Waals surface area contributed by atoms with Crippen molar-refractivity contribution in [3.05, 3.63) is 46.6 Å². The quantitative estimate of drug-likeness (QED) is 0.885. The molecule has 0 saturated carbocycles. The Labute approximate surface area is 113 Å². The van der Waals surface area contributed by atoms with Crippen LogP contribution in [0.15, 0.2) is 46.0 Å². The van der Waals surface area contributed by atoms with E-state index in [0.717, 1.165) is 4.47 Å². The van der Waals surface area contributed by atoms with E-state index in [-0.39, 0.29) is 5.75 Å². The molecule has 0 aliphatic rings. The number of phenolic OH excluding ortho intramolecular Hbond substituents is 1. The lowest BCUT2D eigenvalue weighted by Crippen LogP contribution is -1.89. The van der Waals surface area contributed by atoms with E-state index < -0.39 is 0 Å². The SMILES string of the molecule is COc1cc(Br)cc(/C=N/c2ccccn2)c1O. The van der Waals surface area contributed by atoms with Crippen molar-refractivity contribution in [3.8, 4) is 11.5 Å². The summed E-state index contributed by atoms with van der Waals surface area (Å²) < 4.78 is 5.87. The molecule has 0 aliphatic heterocycles. The summed E-state index contributed by atoms with van der Waals surface area (Å²) in [6.45, 7) is 0. The molecule has 2 aromatic rings. The largest absolute Gasteiger partial charge is 0.504 e. The van der Waals surface area contributed by atoms with Crippen LogP contribution in [0.4, 0.5) is 5.82 Å². The van der Waals surface area contributed by atoms with Crippen LogP contribution in [-0.2, 0) is 0 Å². The average Bonchev–Trinajstić information content (AvgIpc) is 2.40. The number of aliphatic imine (C=N–C) groups is 1. The number of hydrogen-bond donors (Lipinski definition) is 1. The number of halogens is 1. The number of methoxy groups -OCH3 is 1. The molecule has 2 rings (SSSR count). The molecule has 18 heavy (non-hydrogen) atoms. The number of phenols is 1. The Morgan fingerprint density at radius 1 is 1.39 bits per heavy atom. The number of ether oxygens (including phenoxy) is 1. The highest BCUT2D eigenvalue weighted by Crippen LogP contribution is 2.32. The van der Waals surface area contributed by atoms with Crippen LogP contribution >= 0.6 is 15.9 Å². The van der Waals surface area contributed by atoms with Gasteiger partial charge < -0.3 is 9.84 Å². The third-order valence-electron chi connectivity index (χ3n) is 2.27. The van der Waals surface area contributed by atoms with Crippen molar-refractivity contribution in [1.29, 1.82) is 0 Å². The second kappa shape index (κ2) is 5.64. The zero-order chi connectivity index (χ0) is 13.0. The third-order valence-corrected chi connectivity index (χ3v) is 2.73. The van der Waals surface area contributed by atoms with Gasteiger partial charge in [0.15, 0.2) is 17.3 Å². The first-order valence-corrected chi connectivity index (χ1v) is 6.01. The highest BCUT2D eigenvalue weighted by Gasteiger charge is 2.07. The van der Waals surface area contributed by atoms with Crippen molar-refractivity contribution in [2.75, 3.05) is 7.11 Å². The number of hydrogen-bond acceptors (Lipinski definition) is 4. The molecular weight excluding hydrogens is 296 g/mol. The van der Waals surface area contributed by atoms with Crippen LogP contribution in [0.5, 0.6) is 11.5 Å². The Morgan fingerprint density at radius 3 is 2.89 bits per heavy atom. The van der Waals surface area contributed by atoms with Crippen LogP contribution in [-0.4, -0.2) is 23.4 Å².